The number of aromatic nitrogens is 2. The fraction of sp³-hybridized carbons (Fsp3) is 0.375. The van der Waals surface area contributed by atoms with Gasteiger partial charge in [0, 0.05) is 19.3 Å². The van der Waals surface area contributed by atoms with Gasteiger partial charge < -0.3 is 10.2 Å². The summed E-state index contributed by atoms with van der Waals surface area (Å²) in [5.74, 6) is -0.151. The molecule has 1 aliphatic heterocycles. The summed E-state index contributed by atoms with van der Waals surface area (Å²) in [6.07, 6.45) is -1.90. The molecule has 1 aliphatic rings. The van der Waals surface area contributed by atoms with Crippen LogP contribution in [0.3, 0.4) is 0 Å². The molecule has 0 radical (unpaired) electrons. The van der Waals surface area contributed by atoms with Crippen molar-refractivity contribution in [2.24, 2.45) is 5.92 Å². The zero-order chi connectivity index (χ0) is 24.5. The average Bonchev–Trinajstić information content (AvgIpc) is 3.19. The lowest BCUT2D eigenvalue weighted by Gasteiger charge is -2.40. The van der Waals surface area contributed by atoms with E-state index in [1.54, 1.807) is 24.0 Å². The molecule has 1 saturated heterocycles. The Bertz CT molecular complexity index is 1160. The summed E-state index contributed by atoms with van der Waals surface area (Å²) in [7, 11) is 0. The molecule has 1 aromatic carbocycles. The number of benzene rings is 1. The lowest BCUT2D eigenvalue weighted by Crippen LogP contribution is -2.51. The molecule has 2 aromatic heterocycles. The maximum absolute atomic E-state index is 13.8. The molecule has 1 N–H and O–H groups in total. The van der Waals surface area contributed by atoms with Gasteiger partial charge in [-0.3, -0.25) is 4.79 Å². The monoisotopic (exact) mass is 492 g/mol. The second-order valence-electron chi connectivity index (χ2n) is 8.42. The maximum Gasteiger partial charge on any atom is 0.417 e. The number of aryl methyl sites for hydroxylation is 1. The predicted octanol–water partition coefficient (Wildman–Crippen LogP) is 6.02. The van der Waals surface area contributed by atoms with Gasteiger partial charge in [-0.1, -0.05) is 19.1 Å². The Morgan fingerprint density at radius 1 is 1.26 bits per heavy atom. The molecule has 0 saturated carbocycles. The van der Waals surface area contributed by atoms with Crippen molar-refractivity contribution in [3.05, 3.63) is 64.7 Å². The molecule has 2 atom stereocenters. The van der Waals surface area contributed by atoms with Crippen LogP contribution in [0.4, 0.5) is 23.4 Å². The quantitative estimate of drug-likeness (QED) is 0.442. The number of nitrogens with one attached hydrogen (secondary N) is 1. The van der Waals surface area contributed by atoms with Crippen LogP contribution in [-0.2, 0) is 6.18 Å². The van der Waals surface area contributed by atoms with Crippen LogP contribution < -0.4 is 5.32 Å². The van der Waals surface area contributed by atoms with Crippen LogP contribution in [0.25, 0.3) is 10.4 Å². The van der Waals surface area contributed by atoms with E-state index >= 15 is 0 Å². The first-order valence-corrected chi connectivity index (χ1v) is 11.8. The van der Waals surface area contributed by atoms with E-state index < -0.39 is 11.7 Å². The molecule has 3 heterocycles. The molecule has 0 bridgehead atoms. The van der Waals surface area contributed by atoms with E-state index in [9.17, 15) is 22.4 Å². The van der Waals surface area contributed by atoms with Crippen LogP contribution in [0.2, 0.25) is 0 Å². The average molecular weight is 493 g/mol. The summed E-state index contributed by atoms with van der Waals surface area (Å²) in [6.45, 7) is 4.73. The number of rotatable bonds is 5. The number of piperidine rings is 1. The minimum absolute atomic E-state index is 0.164. The van der Waals surface area contributed by atoms with E-state index in [1.807, 2.05) is 6.92 Å². The van der Waals surface area contributed by atoms with E-state index in [2.05, 4.69) is 15.3 Å². The van der Waals surface area contributed by atoms with E-state index in [-0.39, 0.29) is 23.7 Å². The van der Waals surface area contributed by atoms with E-state index in [0.717, 1.165) is 25.1 Å². The van der Waals surface area contributed by atoms with Crippen molar-refractivity contribution in [1.29, 1.82) is 0 Å². The van der Waals surface area contributed by atoms with Crippen molar-refractivity contribution < 1.29 is 22.4 Å². The molecule has 3 aromatic rings. The van der Waals surface area contributed by atoms with Crippen molar-refractivity contribution in [3.8, 4) is 10.4 Å². The summed E-state index contributed by atoms with van der Waals surface area (Å²) < 4.78 is 52.2. The van der Waals surface area contributed by atoms with Gasteiger partial charge in [-0.25, -0.2) is 14.4 Å². The highest BCUT2D eigenvalue weighted by Gasteiger charge is 2.35. The van der Waals surface area contributed by atoms with Gasteiger partial charge in [0.25, 0.3) is 5.91 Å². The van der Waals surface area contributed by atoms with Gasteiger partial charge in [-0.2, -0.15) is 13.2 Å². The second kappa shape index (κ2) is 9.69. The highest BCUT2D eigenvalue weighted by molar-refractivity contribution is 7.15. The molecule has 5 nitrogen and oxygen atoms in total. The second-order valence-corrected chi connectivity index (χ2v) is 9.62. The number of thiazole rings is 1. The highest BCUT2D eigenvalue weighted by atomic mass is 32.1. The Labute approximate surface area is 198 Å². The Balaban J connectivity index is 1.55. The lowest BCUT2D eigenvalue weighted by molar-refractivity contribution is -0.137. The summed E-state index contributed by atoms with van der Waals surface area (Å²) in [5.41, 5.74) is 0.0761. The topological polar surface area (TPSA) is 58.1 Å². The fourth-order valence-electron chi connectivity index (χ4n) is 4.22. The molecule has 0 aliphatic carbocycles. The van der Waals surface area contributed by atoms with E-state index in [4.69, 9.17) is 0 Å². The van der Waals surface area contributed by atoms with Crippen LogP contribution in [-0.4, -0.2) is 39.9 Å². The standard InChI is InChI=1S/C24H24F4N4OS/c1-14-5-4-10-32(19(14)13-30-20-9-8-17(12-29-20)24(26,27)28)23(33)21-22(34-15(2)31-21)16-6-3-7-18(25)11-16/h3,6-9,11-12,14,19H,4-5,10,13H2,1-2H3,(H,29,30)/t14-,19?/m1/s1. The van der Waals surface area contributed by atoms with Gasteiger partial charge in [-0.15, -0.1) is 11.3 Å². The highest BCUT2D eigenvalue weighted by Crippen LogP contribution is 2.34. The zero-order valence-corrected chi connectivity index (χ0v) is 19.5. The van der Waals surface area contributed by atoms with Gasteiger partial charge in [-0.05, 0) is 55.5 Å². The number of pyridine rings is 1. The summed E-state index contributed by atoms with van der Waals surface area (Å²) in [4.78, 5) is 24.3. The van der Waals surface area contributed by atoms with Gasteiger partial charge >= 0.3 is 6.18 Å². The number of alkyl halides is 3. The van der Waals surface area contributed by atoms with Crippen LogP contribution in [0.15, 0.2) is 42.6 Å². The van der Waals surface area contributed by atoms with Crippen LogP contribution in [0, 0.1) is 18.7 Å². The Kier molecular flexibility index (Phi) is 6.88. The fourth-order valence-corrected chi connectivity index (χ4v) is 5.13. The third-order valence-corrected chi connectivity index (χ3v) is 7.00. The van der Waals surface area contributed by atoms with Gasteiger partial charge in [0.2, 0.25) is 0 Å². The number of halogens is 4. The Hall–Kier alpha value is -3.01. The van der Waals surface area contributed by atoms with Gasteiger partial charge in [0.15, 0.2) is 0 Å². The molecule has 1 unspecified atom stereocenters. The predicted molar refractivity (Wildman–Crippen MR) is 123 cm³/mol. The molecule has 180 valence electrons. The zero-order valence-electron chi connectivity index (χ0n) is 18.7. The number of nitrogens with zero attached hydrogens (tertiary/aromatic N) is 3. The third-order valence-electron chi connectivity index (χ3n) is 5.98. The van der Waals surface area contributed by atoms with Crippen molar-refractivity contribution in [2.75, 3.05) is 18.4 Å². The molecule has 4 rings (SSSR count). The van der Waals surface area contributed by atoms with Gasteiger partial charge in [0.05, 0.1) is 21.5 Å². The number of amides is 1. The molecule has 34 heavy (non-hydrogen) atoms. The van der Waals surface area contributed by atoms with Crippen LogP contribution in [0.5, 0.6) is 0 Å². The normalized spacial score (nSPS) is 18.7. The molecular weight excluding hydrogens is 468 g/mol. The van der Waals surface area contributed by atoms with Crippen LogP contribution in [0.1, 0.15) is 40.8 Å². The Morgan fingerprint density at radius 2 is 2.06 bits per heavy atom. The van der Waals surface area contributed by atoms with Crippen molar-refractivity contribution >= 4 is 23.1 Å². The third kappa shape index (κ3) is 5.22. The molecular formula is C24H24F4N4OS. The molecule has 0 spiro atoms. The molecule has 1 amide bonds. The smallest absolute Gasteiger partial charge is 0.368 e. The van der Waals surface area contributed by atoms with Crippen molar-refractivity contribution in [2.45, 2.75) is 38.9 Å². The van der Waals surface area contributed by atoms with Crippen molar-refractivity contribution in [3.63, 3.8) is 0 Å². The number of carbonyl (C=O) groups is 1. The minimum Gasteiger partial charge on any atom is -0.368 e. The minimum atomic E-state index is -4.45. The summed E-state index contributed by atoms with van der Waals surface area (Å²) >= 11 is 1.34. The maximum atomic E-state index is 13.8. The number of hydrogen-bond donors (Lipinski definition) is 1. The number of likely N-dealkylation sites (tertiary alicyclic amines) is 1. The largest absolute Gasteiger partial charge is 0.417 e. The van der Waals surface area contributed by atoms with E-state index in [1.165, 1.54) is 29.5 Å². The first kappa shape index (κ1) is 24.1. The molecule has 1 fully saturated rings. The summed E-state index contributed by atoms with van der Waals surface area (Å²) in [6, 6.07) is 8.15. The van der Waals surface area contributed by atoms with Crippen LogP contribution >= 0.6 is 11.3 Å². The summed E-state index contributed by atoms with van der Waals surface area (Å²) in [5, 5.41) is 3.78. The number of carbonyl (C=O) groups excluding carboxylic acids is 1. The lowest BCUT2D eigenvalue weighted by atomic mass is 9.90. The first-order chi connectivity index (χ1) is 16.1. The Morgan fingerprint density at radius 3 is 2.74 bits per heavy atom. The van der Waals surface area contributed by atoms with Gasteiger partial charge in [0.1, 0.15) is 17.3 Å². The molecule has 10 heteroatoms. The first-order valence-electron chi connectivity index (χ1n) is 10.9. The van der Waals surface area contributed by atoms with Crippen molar-refractivity contribution in [1.82, 2.24) is 14.9 Å². The number of anilines is 1. The SMILES string of the molecule is Cc1nc(C(=O)N2CCC[C@@H](C)C2CNc2ccc(C(F)(F)F)cn2)c(-c2cccc(F)c2)s1. The number of hydrogen-bond acceptors (Lipinski definition) is 5. The van der Waals surface area contributed by atoms with E-state index in [0.29, 0.717) is 40.0 Å².